The van der Waals surface area contributed by atoms with Crippen LogP contribution in [0.25, 0.3) is 0 Å². The molecule has 0 spiro atoms. The van der Waals surface area contributed by atoms with Gasteiger partial charge in [0.15, 0.2) is 0 Å². The summed E-state index contributed by atoms with van der Waals surface area (Å²) in [6.45, 7) is 8.84. The SMILES string of the molecule is CCn1cc(CN2CCCN(C(=O)c3cc(C)cc(Br)c3O)CC2)cn1. The summed E-state index contributed by atoms with van der Waals surface area (Å²) in [5.41, 5.74) is 2.52. The number of nitrogens with zero attached hydrogens (tertiary/aromatic N) is 4. The molecule has 0 radical (unpaired) electrons. The van der Waals surface area contributed by atoms with Gasteiger partial charge in [-0.05, 0) is 53.9 Å². The Morgan fingerprint density at radius 2 is 2.08 bits per heavy atom. The number of benzene rings is 1. The highest BCUT2D eigenvalue weighted by atomic mass is 79.9. The maximum atomic E-state index is 12.9. The number of aromatic nitrogens is 2. The Kier molecular flexibility index (Phi) is 5.98. The number of carbonyl (C=O) groups is 1. The normalized spacial score (nSPS) is 15.9. The first-order valence-electron chi connectivity index (χ1n) is 9.00. The van der Waals surface area contributed by atoms with Gasteiger partial charge >= 0.3 is 0 Å². The summed E-state index contributed by atoms with van der Waals surface area (Å²) in [6.07, 6.45) is 4.91. The van der Waals surface area contributed by atoms with Gasteiger partial charge in [0.2, 0.25) is 0 Å². The van der Waals surface area contributed by atoms with Crippen molar-refractivity contribution in [2.75, 3.05) is 26.2 Å². The Balaban J connectivity index is 1.65. The molecule has 1 aliphatic heterocycles. The average Bonchev–Trinajstić information content (AvgIpc) is 2.94. The van der Waals surface area contributed by atoms with Gasteiger partial charge in [0.25, 0.3) is 5.91 Å². The third kappa shape index (κ3) is 4.27. The van der Waals surface area contributed by atoms with E-state index in [9.17, 15) is 9.90 Å². The van der Waals surface area contributed by atoms with Gasteiger partial charge in [-0.2, -0.15) is 5.10 Å². The first-order chi connectivity index (χ1) is 12.5. The van der Waals surface area contributed by atoms with E-state index >= 15 is 0 Å². The van der Waals surface area contributed by atoms with Crippen molar-refractivity contribution >= 4 is 21.8 Å². The minimum atomic E-state index is -0.104. The Morgan fingerprint density at radius 1 is 1.27 bits per heavy atom. The number of amides is 1. The van der Waals surface area contributed by atoms with Crippen LogP contribution in [0.3, 0.4) is 0 Å². The molecule has 1 N–H and O–H groups in total. The van der Waals surface area contributed by atoms with Crippen molar-refractivity contribution in [2.24, 2.45) is 0 Å². The predicted molar refractivity (Wildman–Crippen MR) is 104 cm³/mol. The molecular weight excluding hydrogens is 396 g/mol. The summed E-state index contributed by atoms with van der Waals surface area (Å²) >= 11 is 3.32. The molecule has 0 unspecified atom stereocenters. The highest BCUT2D eigenvalue weighted by Crippen LogP contribution is 2.30. The maximum Gasteiger partial charge on any atom is 0.257 e. The van der Waals surface area contributed by atoms with Crippen molar-refractivity contribution in [1.82, 2.24) is 19.6 Å². The summed E-state index contributed by atoms with van der Waals surface area (Å²) in [7, 11) is 0. The highest BCUT2D eigenvalue weighted by molar-refractivity contribution is 9.10. The molecular formula is C19H25BrN4O2. The Hall–Kier alpha value is -1.86. The van der Waals surface area contributed by atoms with E-state index in [0.29, 0.717) is 23.1 Å². The molecule has 0 atom stereocenters. The fourth-order valence-electron chi connectivity index (χ4n) is 3.32. The van der Waals surface area contributed by atoms with Crippen LogP contribution < -0.4 is 0 Å². The van der Waals surface area contributed by atoms with Gasteiger partial charge in [0, 0.05) is 51.0 Å². The molecule has 7 heteroatoms. The van der Waals surface area contributed by atoms with Gasteiger partial charge in [-0.1, -0.05) is 0 Å². The second kappa shape index (κ2) is 8.22. The standard InChI is InChI=1S/C19H25BrN4O2/c1-3-24-13-15(11-21-24)12-22-5-4-6-23(8-7-22)19(26)16-9-14(2)10-17(20)18(16)25/h9-11,13,25H,3-8,12H2,1-2H3. The Bertz CT molecular complexity index is 790. The van der Waals surface area contributed by atoms with E-state index in [1.165, 1.54) is 5.56 Å². The molecule has 1 fully saturated rings. The number of carbonyl (C=O) groups excluding carboxylic acids is 1. The van der Waals surface area contributed by atoms with Gasteiger partial charge in [-0.3, -0.25) is 14.4 Å². The number of phenolic OH excluding ortho intramolecular Hbond substituents is 1. The van der Waals surface area contributed by atoms with E-state index in [2.05, 4.69) is 39.0 Å². The number of hydrogen-bond donors (Lipinski definition) is 1. The van der Waals surface area contributed by atoms with Crippen LogP contribution in [0.1, 0.15) is 34.8 Å². The van der Waals surface area contributed by atoms with Crippen molar-refractivity contribution in [2.45, 2.75) is 33.4 Å². The molecule has 140 valence electrons. The summed E-state index contributed by atoms with van der Waals surface area (Å²) in [5, 5.41) is 14.6. The molecule has 1 amide bonds. The second-order valence-electron chi connectivity index (χ2n) is 6.77. The lowest BCUT2D eigenvalue weighted by Gasteiger charge is -2.22. The van der Waals surface area contributed by atoms with Gasteiger partial charge in [0.1, 0.15) is 5.75 Å². The molecule has 0 bridgehead atoms. The molecule has 26 heavy (non-hydrogen) atoms. The van der Waals surface area contributed by atoms with E-state index in [-0.39, 0.29) is 11.7 Å². The van der Waals surface area contributed by atoms with E-state index in [1.54, 1.807) is 6.07 Å². The molecule has 1 aromatic heterocycles. The molecule has 0 saturated carbocycles. The van der Waals surface area contributed by atoms with E-state index in [0.717, 1.165) is 38.2 Å². The predicted octanol–water partition coefficient (Wildman–Crippen LogP) is 3.03. The number of phenols is 1. The van der Waals surface area contributed by atoms with Crippen molar-refractivity contribution in [3.05, 3.63) is 45.7 Å². The topological polar surface area (TPSA) is 61.6 Å². The molecule has 6 nitrogen and oxygen atoms in total. The first-order valence-corrected chi connectivity index (χ1v) is 9.79. The largest absolute Gasteiger partial charge is 0.506 e. The molecule has 1 aliphatic rings. The van der Waals surface area contributed by atoms with Crippen LogP contribution in [0.2, 0.25) is 0 Å². The number of hydrogen-bond acceptors (Lipinski definition) is 4. The fourth-order valence-corrected chi connectivity index (χ4v) is 3.89. The van der Waals surface area contributed by atoms with Crippen LogP contribution in [0, 0.1) is 6.92 Å². The van der Waals surface area contributed by atoms with E-state index in [1.807, 2.05) is 28.8 Å². The molecule has 2 heterocycles. The van der Waals surface area contributed by atoms with Gasteiger partial charge in [0.05, 0.1) is 16.2 Å². The molecule has 1 saturated heterocycles. The number of rotatable bonds is 4. The lowest BCUT2D eigenvalue weighted by Crippen LogP contribution is -2.35. The Labute approximate surface area is 162 Å². The van der Waals surface area contributed by atoms with Gasteiger partial charge in [-0.25, -0.2) is 0 Å². The monoisotopic (exact) mass is 420 g/mol. The number of aromatic hydroxyl groups is 1. The first kappa shape index (κ1) is 18.9. The van der Waals surface area contributed by atoms with Crippen LogP contribution in [0.4, 0.5) is 0 Å². The third-order valence-electron chi connectivity index (χ3n) is 4.73. The summed E-state index contributed by atoms with van der Waals surface area (Å²) in [5.74, 6) is -0.0822. The van der Waals surface area contributed by atoms with Crippen molar-refractivity contribution in [3.8, 4) is 5.75 Å². The quantitative estimate of drug-likeness (QED) is 0.825. The smallest absolute Gasteiger partial charge is 0.257 e. The fraction of sp³-hybridized carbons (Fsp3) is 0.474. The van der Waals surface area contributed by atoms with Crippen molar-refractivity contribution in [1.29, 1.82) is 0 Å². The molecule has 0 aliphatic carbocycles. The van der Waals surface area contributed by atoms with Crippen LogP contribution >= 0.6 is 15.9 Å². The minimum absolute atomic E-state index is 0.0219. The van der Waals surface area contributed by atoms with Crippen LogP contribution in [-0.4, -0.2) is 56.8 Å². The zero-order chi connectivity index (χ0) is 18.7. The molecule has 3 rings (SSSR count). The van der Waals surface area contributed by atoms with Crippen molar-refractivity contribution < 1.29 is 9.90 Å². The zero-order valence-corrected chi connectivity index (χ0v) is 16.9. The zero-order valence-electron chi connectivity index (χ0n) is 15.3. The van der Waals surface area contributed by atoms with E-state index < -0.39 is 0 Å². The lowest BCUT2D eigenvalue weighted by molar-refractivity contribution is 0.0758. The van der Waals surface area contributed by atoms with Gasteiger partial charge < -0.3 is 10.0 Å². The number of halogens is 1. The van der Waals surface area contributed by atoms with E-state index in [4.69, 9.17) is 0 Å². The maximum absolute atomic E-state index is 12.9. The minimum Gasteiger partial charge on any atom is -0.506 e. The Morgan fingerprint density at radius 3 is 2.81 bits per heavy atom. The van der Waals surface area contributed by atoms with Crippen molar-refractivity contribution in [3.63, 3.8) is 0 Å². The number of aryl methyl sites for hydroxylation is 2. The average molecular weight is 421 g/mol. The second-order valence-corrected chi connectivity index (χ2v) is 7.62. The molecule has 2 aromatic rings. The lowest BCUT2D eigenvalue weighted by atomic mass is 10.1. The summed E-state index contributed by atoms with van der Waals surface area (Å²) in [6, 6.07) is 3.57. The molecule has 1 aromatic carbocycles. The summed E-state index contributed by atoms with van der Waals surface area (Å²) in [4.78, 5) is 17.1. The summed E-state index contributed by atoms with van der Waals surface area (Å²) < 4.78 is 2.49. The van der Waals surface area contributed by atoms with Crippen LogP contribution in [0.15, 0.2) is 29.0 Å². The highest BCUT2D eigenvalue weighted by Gasteiger charge is 2.23. The third-order valence-corrected chi connectivity index (χ3v) is 5.34. The van der Waals surface area contributed by atoms with Crippen LogP contribution in [-0.2, 0) is 13.1 Å². The van der Waals surface area contributed by atoms with Crippen LogP contribution in [0.5, 0.6) is 5.75 Å². The van der Waals surface area contributed by atoms with Gasteiger partial charge in [-0.15, -0.1) is 0 Å².